The zero-order valence-electron chi connectivity index (χ0n) is 17.5. The molecule has 8 nitrogen and oxygen atoms in total. The number of carbonyl (C=O) groups is 2. The lowest BCUT2D eigenvalue weighted by Gasteiger charge is -2.09. The molecule has 0 unspecified atom stereocenters. The zero-order valence-corrected chi connectivity index (χ0v) is 17.5. The first kappa shape index (κ1) is 21.9. The second-order valence-corrected chi connectivity index (χ2v) is 7.07. The molecule has 0 radical (unpaired) electrons. The van der Waals surface area contributed by atoms with Crippen LogP contribution in [0.5, 0.6) is 5.75 Å². The van der Waals surface area contributed by atoms with Crippen molar-refractivity contribution in [2.75, 3.05) is 11.9 Å². The van der Waals surface area contributed by atoms with Crippen molar-refractivity contribution in [2.45, 2.75) is 13.5 Å². The molecule has 4 rings (SSSR count). The van der Waals surface area contributed by atoms with Crippen LogP contribution in [-0.4, -0.2) is 40.0 Å². The molecule has 1 heterocycles. The van der Waals surface area contributed by atoms with Gasteiger partial charge in [-0.25, -0.2) is 4.68 Å². The van der Waals surface area contributed by atoms with Crippen molar-refractivity contribution < 1.29 is 23.1 Å². The molecule has 0 aliphatic rings. The number of rotatable bonds is 7. The van der Waals surface area contributed by atoms with E-state index in [1.165, 1.54) is 28.9 Å². The number of hydrogen-bond acceptors (Lipinski definition) is 5. The van der Waals surface area contributed by atoms with E-state index in [2.05, 4.69) is 25.7 Å². The SMILES string of the molecule is Cc1c(C(=O)NCC(=O)Nc2cccc3ccccc23)nnn1-c1ccc(OC(F)F)cc1. The number of aromatic nitrogens is 3. The fraction of sp³-hybridized carbons (Fsp3) is 0.130. The fourth-order valence-corrected chi connectivity index (χ4v) is 3.33. The van der Waals surface area contributed by atoms with Crippen LogP contribution in [0, 0.1) is 6.92 Å². The Kier molecular flexibility index (Phi) is 6.25. The lowest BCUT2D eigenvalue weighted by Crippen LogP contribution is -2.33. The van der Waals surface area contributed by atoms with Gasteiger partial charge in [-0.1, -0.05) is 41.6 Å². The first-order chi connectivity index (χ1) is 15.9. The second-order valence-electron chi connectivity index (χ2n) is 7.07. The number of carbonyl (C=O) groups excluding carboxylic acids is 2. The molecule has 2 amide bonds. The van der Waals surface area contributed by atoms with Gasteiger partial charge in [0.25, 0.3) is 5.91 Å². The highest BCUT2D eigenvalue weighted by Crippen LogP contribution is 2.23. The van der Waals surface area contributed by atoms with Crippen LogP contribution >= 0.6 is 0 Å². The molecule has 168 valence electrons. The van der Waals surface area contributed by atoms with E-state index in [-0.39, 0.29) is 23.9 Å². The molecule has 4 aromatic rings. The van der Waals surface area contributed by atoms with Crippen molar-refractivity contribution in [1.82, 2.24) is 20.3 Å². The molecule has 0 fully saturated rings. The summed E-state index contributed by atoms with van der Waals surface area (Å²) in [4.78, 5) is 24.9. The van der Waals surface area contributed by atoms with Crippen LogP contribution in [0.15, 0.2) is 66.7 Å². The summed E-state index contributed by atoms with van der Waals surface area (Å²) >= 11 is 0. The van der Waals surface area contributed by atoms with E-state index in [1.807, 2.05) is 36.4 Å². The number of alkyl halides is 2. The summed E-state index contributed by atoms with van der Waals surface area (Å²) in [5.74, 6) is -0.953. The fourth-order valence-electron chi connectivity index (χ4n) is 3.33. The Labute approximate surface area is 187 Å². The molecule has 10 heteroatoms. The standard InChI is InChI=1S/C23H19F2N5O3/c1-14-21(28-29-30(14)16-9-11-17(12-10-16)33-23(24)25)22(32)26-13-20(31)27-19-8-4-6-15-5-2-3-7-18(15)19/h2-12,23H,13H2,1H3,(H,26,32)(H,27,31). The Morgan fingerprint density at radius 1 is 1.03 bits per heavy atom. The van der Waals surface area contributed by atoms with Gasteiger partial charge in [-0.15, -0.1) is 5.10 Å². The Bertz CT molecular complexity index is 1300. The smallest absolute Gasteiger partial charge is 0.387 e. The maximum atomic E-state index is 12.5. The predicted molar refractivity (Wildman–Crippen MR) is 118 cm³/mol. The predicted octanol–water partition coefficient (Wildman–Crippen LogP) is 3.70. The molecule has 0 bridgehead atoms. The average molecular weight is 451 g/mol. The third-order valence-corrected chi connectivity index (χ3v) is 4.89. The summed E-state index contributed by atoms with van der Waals surface area (Å²) in [6.07, 6.45) is 0. The lowest BCUT2D eigenvalue weighted by molar-refractivity contribution is -0.115. The van der Waals surface area contributed by atoms with E-state index >= 15 is 0 Å². The summed E-state index contributed by atoms with van der Waals surface area (Å²) < 4.78 is 30.3. The van der Waals surface area contributed by atoms with Gasteiger partial charge in [-0.3, -0.25) is 9.59 Å². The molecule has 0 atom stereocenters. The molecule has 33 heavy (non-hydrogen) atoms. The van der Waals surface area contributed by atoms with Crippen LogP contribution in [0.3, 0.4) is 0 Å². The van der Waals surface area contributed by atoms with Crippen LogP contribution in [-0.2, 0) is 4.79 Å². The zero-order chi connectivity index (χ0) is 23.4. The van der Waals surface area contributed by atoms with E-state index in [1.54, 1.807) is 13.0 Å². The minimum atomic E-state index is -2.92. The van der Waals surface area contributed by atoms with Crippen molar-refractivity contribution in [2.24, 2.45) is 0 Å². The molecule has 1 aromatic heterocycles. The first-order valence-corrected chi connectivity index (χ1v) is 9.96. The monoisotopic (exact) mass is 451 g/mol. The molecule has 0 aliphatic carbocycles. The third kappa shape index (κ3) is 4.95. The van der Waals surface area contributed by atoms with Gasteiger partial charge in [0.05, 0.1) is 17.9 Å². The summed E-state index contributed by atoms with van der Waals surface area (Å²) in [5.41, 5.74) is 1.62. The normalized spacial score (nSPS) is 10.9. The Morgan fingerprint density at radius 3 is 2.52 bits per heavy atom. The van der Waals surface area contributed by atoms with Crippen molar-refractivity contribution in [1.29, 1.82) is 0 Å². The Balaban J connectivity index is 1.40. The minimum absolute atomic E-state index is 0.00157. The minimum Gasteiger partial charge on any atom is -0.435 e. The van der Waals surface area contributed by atoms with Crippen LogP contribution < -0.4 is 15.4 Å². The average Bonchev–Trinajstić information content (AvgIpc) is 3.19. The van der Waals surface area contributed by atoms with Gasteiger partial charge in [0.2, 0.25) is 5.91 Å². The van der Waals surface area contributed by atoms with Gasteiger partial charge in [-0.2, -0.15) is 8.78 Å². The largest absolute Gasteiger partial charge is 0.435 e. The highest BCUT2D eigenvalue weighted by atomic mass is 19.3. The van der Waals surface area contributed by atoms with E-state index < -0.39 is 12.5 Å². The van der Waals surface area contributed by atoms with E-state index in [4.69, 9.17) is 0 Å². The van der Waals surface area contributed by atoms with Gasteiger partial charge < -0.3 is 15.4 Å². The third-order valence-electron chi connectivity index (χ3n) is 4.89. The van der Waals surface area contributed by atoms with Crippen LogP contribution in [0.25, 0.3) is 16.5 Å². The Hall–Kier alpha value is -4.34. The molecule has 0 aliphatic heterocycles. The molecular formula is C23H19F2N5O3. The van der Waals surface area contributed by atoms with Crippen molar-refractivity contribution in [3.63, 3.8) is 0 Å². The van der Waals surface area contributed by atoms with Crippen molar-refractivity contribution in [3.05, 3.63) is 78.1 Å². The molecule has 0 saturated heterocycles. The number of nitrogens with one attached hydrogen (secondary N) is 2. The number of benzene rings is 3. The number of amides is 2. The van der Waals surface area contributed by atoms with E-state index in [0.717, 1.165) is 10.8 Å². The summed E-state index contributed by atoms with van der Waals surface area (Å²) in [7, 11) is 0. The topological polar surface area (TPSA) is 98.1 Å². The van der Waals surface area contributed by atoms with Gasteiger partial charge >= 0.3 is 6.61 Å². The van der Waals surface area contributed by atoms with Gasteiger partial charge in [0.15, 0.2) is 5.69 Å². The van der Waals surface area contributed by atoms with Gasteiger partial charge in [0, 0.05) is 11.1 Å². The van der Waals surface area contributed by atoms with Crippen LogP contribution in [0.4, 0.5) is 14.5 Å². The highest BCUT2D eigenvalue weighted by Gasteiger charge is 2.18. The lowest BCUT2D eigenvalue weighted by atomic mass is 10.1. The maximum absolute atomic E-state index is 12.5. The van der Waals surface area contributed by atoms with Crippen molar-refractivity contribution >= 4 is 28.3 Å². The number of nitrogens with zero attached hydrogens (tertiary/aromatic N) is 3. The second kappa shape index (κ2) is 9.43. The van der Waals surface area contributed by atoms with E-state index in [9.17, 15) is 18.4 Å². The Morgan fingerprint density at radius 2 is 1.76 bits per heavy atom. The van der Waals surface area contributed by atoms with Gasteiger partial charge in [0.1, 0.15) is 5.75 Å². The quantitative estimate of drug-likeness (QED) is 0.447. The van der Waals surface area contributed by atoms with Crippen molar-refractivity contribution in [3.8, 4) is 11.4 Å². The molecule has 0 saturated carbocycles. The molecule has 0 spiro atoms. The summed E-state index contributed by atoms with van der Waals surface area (Å²) in [5, 5.41) is 15.0. The maximum Gasteiger partial charge on any atom is 0.387 e. The highest BCUT2D eigenvalue weighted by molar-refractivity contribution is 6.04. The number of halogens is 2. The van der Waals surface area contributed by atoms with Crippen LogP contribution in [0.2, 0.25) is 0 Å². The molecule has 2 N–H and O–H groups in total. The summed E-state index contributed by atoms with van der Waals surface area (Å²) in [6, 6.07) is 18.9. The van der Waals surface area contributed by atoms with E-state index in [0.29, 0.717) is 17.1 Å². The number of anilines is 1. The van der Waals surface area contributed by atoms with Crippen LogP contribution in [0.1, 0.15) is 16.2 Å². The number of fused-ring (bicyclic) bond motifs is 1. The summed E-state index contributed by atoms with van der Waals surface area (Å²) in [6.45, 7) is -1.54. The first-order valence-electron chi connectivity index (χ1n) is 9.96. The molecular weight excluding hydrogens is 432 g/mol. The van der Waals surface area contributed by atoms with Gasteiger partial charge in [-0.05, 0) is 42.6 Å². The molecule has 3 aromatic carbocycles. The number of ether oxygens (including phenoxy) is 1. The number of hydrogen-bond donors (Lipinski definition) is 2.